The summed E-state index contributed by atoms with van der Waals surface area (Å²) in [5.74, 6) is -2.25. The van der Waals surface area contributed by atoms with Crippen molar-refractivity contribution >= 4 is 18.0 Å². The Hall–Kier alpha value is -3.39. The number of carboxylic acid groups (broad SMARTS) is 1. The van der Waals surface area contributed by atoms with Crippen LogP contribution in [0.2, 0.25) is 0 Å². The highest BCUT2D eigenvalue weighted by Crippen LogP contribution is 2.44. The zero-order valence-electron chi connectivity index (χ0n) is 19.4. The van der Waals surface area contributed by atoms with Crippen LogP contribution in [0.1, 0.15) is 30.4 Å². The molecule has 0 aromatic heterocycles. The van der Waals surface area contributed by atoms with Crippen molar-refractivity contribution in [3.05, 3.63) is 59.7 Å². The molecule has 2 amide bonds. The van der Waals surface area contributed by atoms with Gasteiger partial charge in [0.2, 0.25) is 5.91 Å². The van der Waals surface area contributed by atoms with Gasteiger partial charge in [-0.15, -0.1) is 0 Å². The van der Waals surface area contributed by atoms with E-state index in [1.165, 1.54) is 16.0 Å². The minimum absolute atomic E-state index is 0.0110. The molecule has 4 rings (SSSR count). The van der Waals surface area contributed by atoms with Gasteiger partial charge in [0, 0.05) is 25.4 Å². The van der Waals surface area contributed by atoms with Crippen LogP contribution in [0.3, 0.4) is 0 Å². The van der Waals surface area contributed by atoms with Crippen LogP contribution in [-0.4, -0.2) is 67.4 Å². The number of carbonyl (C=O) groups excluding carboxylic acids is 2. The number of fused-ring (bicyclic) bond motifs is 3. The predicted molar refractivity (Wildman–Crippen MR) is 125 cm³/mol. The van der Waals surface area contributed by atoms with Crippen molar-refractivity contribution in [3.8, 4) is 11.1 Å². The maximum Gasteiger partial charge on any atom is 0.407 e. The molecule has 3 atom stereocenters. The number of ether oxygens (including phenoxy) is 2. The van der Waals surface area contributed by atoms with Gasteiger partial charge in [0.25, 0.3) is 0 Å². The zero-order chi connectivity index (χ0) is 24.2. The van der Waals surface area contributed by atoms with Gasteiger partial charge in [-0.3, -0.25) is 9.59 Å². The van der Waals surface area contributed by atoms with Gasteiger partial charge in [-0.05, 0) is 28.7 Å². The maximum atomic E-state index is 12.7. The van der Waals surface area contributed by atoms with Gasteiger partial charge in [0.05, 0.1) is 19.3 Å². The highest BCUT2D eigenvalue weighted by atomic mass is 16.5. The van der Waals surface area contributed by atoms with Gasteiger partial charge >= 0.3 is 12.1 Å². The Kier molecular flexibility index (Phi) is 7.17. The van der Waals surface area contributed by atoms with Gasteiger partial charge in [-0.2, -0.15) is 0 Å². The van der Waals surface area contributed by atoms with E-state index >= 15 is 0 Å². The topological polar surface area (TPSA) is 105 Å². The number of rotatable bonds is 8. The lowest BCUT2D eigenvalue weighted by molar-refractivity contribution is -0.145. The van der Waals surface area contributed by atoms with Crippen molar-refractivity contribution < 1.29 is 29.0 Å². The molecule has 8 heteroatoms. The lowest BCUT2D eigenvalue weighted by Crippen LogP contribution is -2.46. The molecule has 2 aromatic rings. The minimum Gasteiger partial charge on any atom is -0.481 e. The molecule has 1 fully saturated rings. The van der Waals surface area contributed by atoms with Crippen LogP contribution in [0.5, 0.6) is 0 Å². The van der Waals surface area contributed by atoms with E-state index in [9.17, 15) is 19.5 Å². The number of carboxylic acids is 1. The number of likely N-dealkylation sites (N-methyl/N-ethyl adjacent to an activating group) is 1. The van der Waals surface area contributed by atoms with E-state index in [4.69, 9.17) is 9.47 Å². The molecule has 180 valence electrons. The average Bonchev–Trinajstić information content (AvgIpc) is 3.45. The Balaban J connectivity index is 1.25. The summed E-state index contributed by atoms with van der Waals surface area (Å²) in [4.78, 5) is 37.9. The molecule has 8 nitrogen and oxygen atoms in total. The summed E-state index contributed by atoms with van der Waals surface area (Å²) in [6.45, 7) is 2.60. The molecule has 2 aliphatic rings. The second-order valence-corrected chi connectivity index (χ2v) is 8.94. The number of amides is 2. The van der Waals surface area contributed by atoms with E-state index in [1.54, 1.807) is 14.0 Å². The Morgan fingerprint density at radius 3 is 2.32 bits per heavy atom. The second kappa shape index (κ2) is 10.3. The molecule has 0 spiro atoms. The fraction of sp³-hybridized carbons (Fsp3) is 0.423. The molecule has 0 bridgehead atoms. The smallest absolute Gasteiger partial charge is 0.407 e. The fourth-order valence-corrected chi connectivity index (χ4v) is 4.84. The molecule has 2 N–H and O–H groups in total. The molecule has 1 saturated heterocycles. The highest BCUT2D eigenvalue weighted by molar-refractivity contribution is 5.80. The van der Waals surface area contributed by atoms with E-state index in [1.807, 2.05) is 24.3 Å². The highest BCUT2D eigenvalue weighted by Gasteiger charge is 2.39. The minimum atomic E-state index is -0.966. The average molecular weight is 467 g/mol. The number of nitrogens with one attached hydrogen (secondary N) is 1. The molecular weight excluding hydrogens is 436 g/mol. The first-order chi connectivity index (χ1) is 16.4. The number of alkyl carbamates (subject to hydrolysis) is 1. The third-order valence-electron chi connectivity index (χ3n) is 6.82. The molecule has 3 unspecified atom stereocenters. The third-order valence-corrected chi connectivity index (χ3v) is 6.82. The van der Waals surface area contributed by atoms with Crippen LogP contribution in [0.4, 0.5) is 4.79 Å². The Bertz CT molecular complexity index is 1030. The quantitative estimate of drug-likeness (QED) is 0.619. The first-order valence-electron chi connectivity index (χ1n) is 11.5. The number of nitrogens with zero attached hydrogens (tertiary/aromatic N) is 1. The zero-order valence-corrected chi connectivity index (χ0v) is 19.4. The number of benzene rings is 2. The first-order valence-corrected chi connectivity index (χ1v) is 11.5. The Morgan fingerprint density at radius 1 is 1.09 bits per heavy atom. The molecule has 34 heavy (non-hydrogen) atoms. The molecule has 1 aliphatic carbocycles. The van der Waals surface area contributed by atoms with E-state index in [2.05, 4.69) is 29.6 Å². The summed E-state index contributed by atoms with van der Waals surface area (Å²) in [5.41, 5.74) is 4.63. The van der Waals surface area contributed by atoms with Crippen LogP contribution < -0.4 is 5.32 Å². The van der Waals surface area contributed by atoms with Crippen molar-refractivity contribution in [2.45, 2.75) is 25.3 Å². The number of carbonyl (C=O) groups is 3. The molecular formula is C26H30N2O6. The van der Waals surface area contributed by atoms with Gasteiger partial charge < -0.3 is 24.8 Å². The summed E-state index contributed by atoms with van der Waals surface area (Å²) in [6.07, 6.45) is -0.108. The normalized spacial score (nSPS) is 19.7. The lowest BCUT2D eigenvalue weighted by atomic mass is 9.98. The first kappa shape index (κ1) is 23.8. The van der Waals surface area contributed by atoms with Gasteiger partial charge in [0.1, 0.15) is 12.5 Å². The summed E-state index contributed by atoms with van der Waals surface area (Å²) in [5, 5.41) is 12.0. The van der Waals surface area contributed by atoms with Gasteiger partial charge in [-0.1, -0.05) is 55.5 Å². The maximum absolute atomic E-state index is 12.7. The van der Waals surface area contributed by atoms with Crippen molar-refractivity contribution in [1.82, 2.24) is 10.2 Å². The number of hydrogen-bond donors (Lipinski definition) is 2. The third kappa shape index (κ3) is 4.77. The Labute approximate surface area is 198 Å². The molecule has 2 aromatic carbocycles. The molecule has 0 radical (unpaired) electrons. The van der Waals surface area contributed by atoms with Crippen LogP contribution in [0, 0.1) is 11.8 Å². The van der Waals surface area contributed by atoms with Crippen LogP contribution in [0.25, 0.3) is 11.1 Å². The summed E-state index contributed by atoms with van der Waals surface area (Å²) in [7, 11) is 1.60. The van der Waals surface area contributed by atoms with E-state index < -0.39 is 24.0 Å². The largest absolute Gasteiger partial charge is 0.481 e. The van der Waals surface area contributed by atoms with Crippen molar-refractivity contribution in [1.29, 1.82) is 0 Å². The van der Waals surface area contributed by atoms with E-state index in [0.29, 0.717) is 6.42 Å². The van der Waals surface area contributed by atoms with Gasteiger partial charge in [-0.25, -0.2) is 4.79 Å². The summed E-state index contributed by atoms with van der Waals surface area (Å²) >= 11 is 0. The Morgan fingerprint density at radius 2 is 1.71 bits per heavy atom. The number of aliphatic carboxylic acids is 1. The van der Waals surface area contributed by atoms with E-state index in [-0.39, 0.29) is 44.1 Å². The number of hydrogen-bond acceptors (Lipinski definition) is 5. The van der Waals surface area contributed by atoms with Crippen LogP contribution in [0.15, 0.2) is 48.5 Å². The van der Waals surface area contributed by atoms with Gasteiger partial charge in [0.15, 0.2) is 0 Å². The monoisotopic (exact) mass is 466 g/mol. The molecule has 1 aliphatic heterocycles. The van der Waals surface area contributed by atoms with E-state index in [0.717, 1.165) is 11.1 Å². The van der Waals surface area contributed by atoms with Crippen molar-refractivity contribution in [3.63, 3.8) is 0 Å². The van der Waals surface area contributed by atoms with Crippen LogP contribution >= 0.6 is 0 Å². The summed E-state index contributed by atoms with van der Waals surface area (Å²) in [6, 6.07) is 15.8. The standard InChI is InChI=1S/C26H30N2O6/c1-16(24(29)28(2)23-15-33-13-22(23)25(30)31)11-12-27-26(32)34-14-21-19-9-5-3-7-17(19)18-8-4-6-10-20(18)21/h3-10,16,21-23H,11-15H2,1-2H3,(H,27,32)(H,30,31). The predicted octanol–water partition coefficient (Wildman–Crippen LogP) is 3.11. The fourth-order valence-electron chi connectivity index (χ4n) is 4.84. The SMILES string of the molecule is CC(CCNC(=O)OCC1c2ccccc2-c2ccccc21)C(=O)N(C)C1COCC1C(=O)O. The summed E-state index contributed by atoms with van der Waals surface area (Å²) < 4.78 is 10.8. The van der Waals surface area contributed by atoms with Crippen molar-refractivity contribution in [2.75, 3.05) is 33.4 Å². The second-order valence-electron chi connectivity index (χ2n) is 8.94. The molecule has 0 saturated carbocycles. The molecule has 1 heterocycles. The van der Waals surface area contributed by atoms with Crippen molar-refractivity contribution in [2.24, 2.45) is 11.8 Å². The van der Waals surface area contributed by atoms with Crippen LogP contribution in [-0.2, 0) is 19.1 Å². The lowest BCUT2D eigenvalue weighted by Gasteiger charge is -2.28.